The van der Waals surface area contributed by atoms with Crippen molar-refractivity contribution in [3.8, 4) is 0 Å². The summed E-state index contributed by atoms with van der Waals surface area (Å²) >= 11 is 0. The highest BCUT2D eigenvalue weighted by atomic mass is 16.7. The molecule has 3 rings (SSSR count). The van der Waals surface area contributed by atoms with Crippen LogP contribution in [0.25, 0.3) is 0 Å². The van der Waals surface area contributed by atoms with Crippen molar-refractivity contribution in [2.24, 2.45) is 10.8 Å². The lowest BCUT2D eigenvalue weighted by atomic mass is 9.68. The molecule has 0 aromatic rings. The van der Waals surface area contributed by atoms with Crippen LogP contribution in [0.2, 0.25) is 0 Å². The normalized spacial score (nSPS) is 45.5. The quantitative estimate of drug-likeness (QED) is 0.685. The van der Waals surface area contributed by atoms with Crippen LogP contribution in [-0.2, 0) is 14.3 Å². The molecule has 2 saturated carbocycles. The second kappa shape index (κ2) is 3.08. The average molecular weight is 224 g/mol. The Bertz CT molecular complexity index is 332. The molecule has 0 amide bonds. The van der Waals surface area contributed by atoms with Gasteiger partial charge >= 0.3 is 0 Å². The van der Waals surface area contributed by atoms with Gasteiger partial charge in [-0.2, -0.15) is 0 Å². The predicted molar refractivity (Wildman–Crippen MR) is 58.9 cm³/mol. The van der Waals surface area contributed by atoms with E-state index in [4.69, 9.17) is 9.47 Å². The van der Waals surface area contributed by atoms with Crippen LogP contribution in [0.4, 0.5) is 0 Å². The van der Waals surface area contributed by atoms with Crippen molar-refractivity contribution in [1.29, 1.82) is 0 Å². The molecular formula is C13H20O3. The molecule has 90 valence electrons. The molecule has 2 aliphatic carbocycles. The largest absolute Gasteiger partial charge is 0.347 e. The van der Waals surface area contributed by atoms with Gasteiger partial charge in [0.15, 0.2) is 5.79 Å². The van der Waals surface area contributed by atoms with E-state index in [1.54, 1.807) is 0 Å². The summed E-state index contributed by atoms with van der Waals surface area (Å²) in [6.07, 6.45) is 4.33. The molecule has 1 aliphatic heterocycles. The first-order valence-electron chi connectivity index (χ1n) is 6.33. The third-order valence-corrected chi connectivity index (χ3v) is 5.16. The van der Waals surface area contributed by atoms with Gasteiger partial charge in [-0.1, -0.05) is 13.8 Å². The summed E-state index contributed by atoms with van der Waals surface area (Å²) in [5.41, 5.74) is 0.234. The summed E-state index contributed by atoms with van der Waals surface area (Å²) in [5.74, 6) is 0.0723. The van der Waals surface area contributed by atoms with Crippen LogP contribution in [-0.4, -0.2) is 24.8 Å². The summed E-state index contributed by atoms with van der Waals surface area (Å²) in [6.45, 7) is 5.87. The third-order valence-electron chi connectivity index (χ3n) is 5.16. The smallest absolute Gasteiger partial charge is 0.169 e. The van der Waals surface area contributed by atoms with Gasteiger partial charge in [0.05, 0.1) is 13.2 Å². The lowest BCUT2D eigenvalue weighted by Crippen LogP contribution is -2.29. The number of rotatable bonds is 1. The molecule has 0 aromatic heterocycles. The van der Waals surface area contributed by atoms with Crippen molar-refractivity contribution in [3.63, 3.8) is 0 Å². The Labute approximate surface area is 96.5 Å². The van der Waals surface area contributed by atoms with Gasteiger partial charge in [0.25, 0.3) is 0 Å². The maximum atomic E-state index is 11.7. The van der Waals surface area contributed by atoms with Crippen LogP contribution in [0.3, 0.4) is 0 Å². The van der Waals surface area contributed by atoms with Crippen molar-refractivity contribution in [1.82, 2.24) is 0 Å². The number of hydrogen-bond donors (Lipinski definition) is 0. The molecule has 3 fully saturated rings. The van der Waals surface area contributed by atoms with Crippen molar-refractivity contribution >= 4 is 5.78 Å². The van der Waals surface area contributed by atoms with Gasteiger partial charge in [-0.25, -0.2) is 0 Å². The molecule has 2 atom stereocenters. The van der Waals surface area contributed by atoms with E-state index in [0.29, 0.717) is 19.0 Å². The Morgan fingerprint density at radius 1 is 1.19 bits per heavy atom. The van der Waals surface area contributed by atoms with Crippen molar-refractivity contribution in [3.05, 3.63) is 0 Å². The first kappa shape index (κ1) is 10.7. The topological polar surface area (TPSA) is 35.5 Å². The molecule has 16 heavy (non-hydrogen) atoms. The molecular weight excluding hydrogens is 204 g/mol. The first-order valence-corrected chi connectivity index (χ1v) is 6.33. The zero-order chi connectivity index (χ0) is 11.4. The van der Waals surface area contributed by atoms with Gasteiger partial charge in [0.2, 0.25) is 0 Å². The Morgan fingerprint density at radius 2 is 1.88 bits per heavy atom. The highest BCUT2D eigenvalue weighted by Gasteiger charge is 2.66. The minimum Gasteiger partial charge on any atom is -0.347 e. The summed E-state index contributed by atoms with van der Waals surface area (Å²) in [5, 5.41) is 0. The zero-order valence-electron chi connectivity index (χ0n) is 10.2. The second-order valence-corrected chi connectivity index (χ2v) is 6.05. The maximum absolute atomic E-state index is 11.7. The number of carbonyl (C=O) groups excluding carboxylic acids is 1. The molecule has 0 aromatic carbocycles. The molecule has 3 aliphatic rings. The van der Waals surface area contributed by atoms with E-state index < -0.39 is 0 Å². The van der Waals surface area contributed by atoms with Crippen LogP contribution in [0.15, 0.2) is 0 Å². The van der Waals surface area contributed by atoms with Gasteiger partial charge in [0.1, 0.15) is 5.78 Å². The number of hydrogen-bond acceptors (Lipinski definition) is 3. The summed E-state index contributed by atoms with van der Waals surface area (Å²) in [4.78, 5) is 11.7. The number of carbonyl (C=O) groups is 1. The third kappa shape index (κ3) is 1.19. The minimum atomic E-state index is -0.356. The fraction of sp³-hybridized carbons (Fsp3) is 0.923. The molecule has 0 N–H and O–H groups in total. The van der Waals surface area contributed by atoms with E-state index in [9.17, 15) is 4.79 Å². The summed E-state index contributed by atoms with van der Waals surface area (Å²) in [7, 11) is 0. The number of fused-ring (bicyclic) bond motifs is 1. The fourth-order valence-corrected chi connectivity index (χ4v) is 4.35. The van der Waals surface area contributed by atoms with Crippen LogP contribution in [0, 0.1) is 10.8 Å². The van der Waals surface area contributed by atoms with E-state index in [0.717, 1.165) is 32.1 Å². The molecule has 0 bridgehead atoms. The monoisotopic (exact) mass is 224 g/mol. The molecule has 3 heteroatoms. The molecule has 0 unspecified atom stereocenters. The SMILES string of the molecule is CC[C@]12CC(=O)C[C@@]1(C)CC1(C2)OCCO1. The van der Waals surface area contributed by atoms with E-state index >= 15 is 0 Å². The predicted octanol–water partition coefficient (Wildman–Crippen LogP) is 2.29. The Morgan fingerprint density at radius 3 is 2.44 bits per heavy atom. The molecule has 0 radical (unpaired) electrons. The van der Waals surface area contributed by atoms with Crippen molar-refractivity contribution in [2.45, 2.75) is 51.7 Å². The van der Waals surface area contributed by atoms with Crippen molar-refractivity contribution in [2.75, 3.05) is 13.2 Å². The van der Waals surface area contributed by atoms with Crippen molar-refractivity contribution < 1.29 is 14.3 Å². The zero-order valence-corrected chi connectivity index (χ0v) is 10.2. The van der Waals surface area contributed by atoms with Gasteiger partial charge < -0.3 is 9.47 Å². The van der Waals surface area contributed by atoms with E-state index in [-0.39, 0.29) is 16.6 Å². The first-order chi connectivity index (χ1) is 7.53. The van der Waals surface area contributed by atoms with Gasteiger partial charge in [-0.3, -0.25) is 4.79 Å². The summed E-state index contributed by atoms with van der Waals surface area (Å²) < 4.78 is 11.7. The average Bonchev–Trinajstić information content (AvgIpc) is 2.77. The lowest BCUT2D eigenvalue weighted by molar-refractivity contribution is -0.161. The molecule has 1 heterocycles. The van der Waals surface area contributed by atoms with Crippen LogP contribution < -0.4 is 0 Å². The highest BCUT2D eigenvalue weighted by Crippen LogP contribution is 2.67. The molecule has 1 spiro atoms. The maximum Gasteiger partial charge on any atom is 0.169 e. The Balaban J connectivity index is 1.96. The lowest BCUT2D eigenvalue weighted by Gasteiger charge is -2.35. The fourth-order valence-electron chi connectivity index (χ4n) is 4.35. The second-order valence-electron chi connectivity index (χ2n) is 6.05. The Kier molecular flexibility index (Phi) is 2.06. The number of ether oxygens (including phenoxy) is 2. The van der Waals surface area contributed by atoms with E-state index in [2.05, 4.69) is 13.8 Å². The highest BCUT2D eigenvalue weighted by molar-refractivity contribution is 5.83. The number of ketones is 1. The standard InChI is InChI=1S/C13H20O3/c1-3-12-7-10(14)6-11(12,2)8-13(9-12)15-4-5-16-13/h3-9H2,1-2H3/t11-,12+/m0/s1. The van der Waals surface area contributed by atoms with Gasteiger partial charge in [-0.15, -0.1) is 0 Å². The molecule has 1 saturated heterocycles. The summed E-state index contributed by atoms with van der Waals surface area (Å²) in [6, 6.07) is 0. The van der Waals surface area contributed by atoms with E-state index in [1.807, 2.05) is 0 Å². The van der Waals surface area contributed by atoms with Gasteiger partial charge in [0, 0.05) is 25.7 Å². The van der Waals surface area contributed by atoms with Crippen LogP contribution in [0.5, 0.6) is 0 Å². The van der Waals surface area contributed by atoms with Crippen LogP contribution >= 0.6 is 0 Å². The van der Waals surface area contributed by atoms with E-state index in [1.165, 1.54) is 0 Å². The minimum absolute atomic E-state index is 0.100. The van der Waals surface area contributed by atoms with Gasteiger partial charge in [-0.05, 0) is 17.3 Å². The Hall–Kier alpha value is -0.410. The van der Waals surface area contributed by atoms with Crippen LogP contribution in [0.1, 0.15) is 46.0 Å². The number of Topliss-reactive ketones (excluding diaryl/α,β-unsaturated/α-hetero) is 1. The molecule has 3 nitrogen and oxygen atoms in total.